The van der Waals surface area contributed by atoms with Gasteiger partial charge in [-0.25, -0.2) is 4.79 Å². The van der Waals surface area contributed by atoms with Gasteiger partial charge < -0.3 is 19.8 Å². The first kappa shape index (κ1) is 28.4. The highest BCUT2D eigenvalue weighted by molar-refractivity contribution is 6.04. The Bertz CT molecular complexity index is 972. The topological polar surface area (TPSA) is 146 Å². The quantitative estimate of drug-likeness (QED) is 0.286. The van der Waals surface area contributed by atoms with E-state index < -0.39 is 23.6 Å². The van der Waals surface area contributed by atoms with Crippen LogP contribution in [0.5, 0.6) is 0 Å². The second kappa shape index (κ2) is 12.4. The summed E-state index contributed by atoms with van der Waals surface area (Å²) in [7, 11) is 1.25. The number of hydrogen-bond acceptors (Lipinski definition) is 8. The average molecular weight is 518 g/mol. The number of benzene rings is 1. The van der Waals surface area contributed by atoms with Gasteiger partial charge in [-0.1, -0.05) is 13.8 Å². The number of carboxylic acids is 2. The van der Waals surface area contributed by atoms with E-state index >= 15 is 0 Å². The molecule has 3 rings (SSSR count). The molecule has 2 atom stereocenters. The summed E-state index contributed by atoms with van der Waals surface area (Å²) in [6, 6.07) is 7.51. The van der Waals surface area contributed by atoms with Crippen molar-refractivity contribution in [2.24, 2.45) is 5.92 Å². The van der Waals surface area contributed by atoms with Crippen molar-refractivity contribution in [3.63, 3.8) is 0 Å². The van der Waals surface area contributed by atoms with E-state index in [9.17, 15) is 24.6 Å². The first-order chi connectivity index (χ1) is 17.6. The van der Waals surface area contributed by atoms with Gasteiger partial charge >= 0.3 is 18.0 Å². The zero-order valence-electron chi connectivity index (χ0n) is 21.9. The van der Waals surface area contributed by atoms with E-state index in [1.54, 1.807) is 12.1 Å². The number of piperazine rings is 1. The van der Waals surface area contributed by atoms with Crippen LogP contribution in [0.15, 0.2) is 24.3 Å². The molecule has 1 amide bonds. The van der Waals surface area contributed by atoms with Crippen molar-refractivity contribution in [2.45, 2.75) is 51.1 Å². The molecule has 11 heteroatoms. The number of nitrogens with zero attached hydrogens (tertiary/aromatic N) is 3. The van der Waals surface area contributed by atoms with Gasteiger partial charge in [-0.2, -0.15) is 0 Å². The van der Waals surface area contributed by atoms with Crippen LogP contribution in [0.1, 0.15) is 45.1 Å². The van der Waals surface area contributed by atoms with Gasteiger partial charge in [-0.05, 0) is 43.5 Å². The molecule has 2 saturated heterocycles. The minimum absolute atomic E-state index is 0.0235. The van der Waals surface area contributed by atoms with E-state index in [0.29, 0.717) is 24.9 Å². The van der Waals surface area contributed by atoms with Crippen molar-refractivity contribution >= 4 is 29.6 Å². The van der Waals surface area contributed by atoms with Crippen LogP contribution in [0, 0.1) is 11.3 Å². The average Bonchev–Trinajstić information content (AvgIpc) is 2.89. The summed E-state index contributed by atoms with van der Waals surface area (Å²) in [5, 5.41) is 29.6. The van der Waals surface area contributed by atoms with Crippen molar-refractivity contribution in [2.75, 3.05) is 51.3 Å². The number of aliphatic carboxylic acids is 2. The largest absolute Gasteiger partial charge is 0.481 e. The maximum atomic E-state index is 11.9. The van der Waals surface area contributed by atoms with Crippen molar-refractivity contribution < 1.29 is 29.3 Å². The molecule has 0 bridgehead atoms. The number of hydrogen-bond donors (Lipinski definition) is 4. The van der Waals surface area contributed by atoms with Gasteiger partial charge in [0.05, 0.1) is 20.1 Å². The summed E-state index contributed by atoms with van der Waals surface area (Å²) >= 11 is 0. The molecular formula is C26H39N5O6. The first-order valence-corrected chi connectivity index (χ1v) is 12.9. The number of carboxylic acid groups (broad SMARTS) is 2. The fraction of sp³-hybridized carbons (Fsp3) is 0.615. The highest BCUT2D eigenvalue weighted by Gasteiger charge is 2.50. The summed E-state index contributed by atoms with van der Waals surface area (Å²) in [6.45, 7) is 7.77. The number of piperidine rings is 1. The van der Waals surface area contributed by atoms with Crippen LogP contribution in [0.4, 0.5) is 10.5 Å². The molecule has 1 aromatic carbocycles. The number of nitrogens with one attached hydrogen (secondary N) is 2. The third-order valence-electron chi connectivity index (χ3n) is 8.14. The van der Waals surface area contributed by atoms with Gasteiger partial charge in [0.15, 0.2) is 0 Å². The normalized spacial score (nSPS) is 22.3. The Hall–Kier alpha value is -3.18. The smallest absolute Gasteiger partial charge is 0.412 e. The zero-order valence-corrected chi connectivity index (χ0v) is 21.9. The molecule has 0 saturated carbocycles. The highest BCUT2D eigenvalue weighted by Crippen LogP contribution is 2.43. The molecule has 2 fully saturated rings. The molecule has 11 nitrogen and oxygen atoms in total. The predicted octanol–water partition coefficient (Wildman–Crippen LogP) is 2.30. The lowest BCUT2D eigenvalue weighted by Gasteiger charge is -2.57. The molecule has 2 aliphatic heterocycles. The van der Waals surface area contributed by atoms with Gasteiger partial charge in [0.1, 0.15) is 5.84 Å². The SMILES string of the molecule is CCC1(CC)[C@@H](CC(=O)O)[C@@H](N2CCN(c3ccc(C(=N)NC(=O)OC)cc3)CC2)CCN1CC(=O)O. The number of alkyl carbamates (subject to hydrolysis) is 1. The Labute approximate surface area is 217 Å². The summed E-state index contributed by atoms with van der Waals surface area (Å²) in [5.74, 6) is -1.91. The molecule has 1 aromatic rings. The van der Waals surface area contributed by atoms with Crippen LogP contribution in [-0.2, 0) is 14.3 Å². The number of carbonyl (C=O) groups excluding carboxylic acids is 1. The summed E-state index contributed by atoms with van der Waals surface area (Å²) in [6.07, 6.45) is 1.50. The molecule has 0 aliphatic carbocycles. The molecule has 2 heterocycles. The van der Waals surface area contributed by atoms with Crippen molar-refractivity contribution in [3.8, 4) is 0 Å². The predicted molar refractivity (Wildman–Crippen MR) is 139 cm³/mol. The lowest BCUT2D eigenvalue weighted by Crippen LogP contribution is -2.66. The van der Waals surface area contributed by atoms with Crippen LogP contribution in [0.3, 0.4) is 0 Å². The standard InChI is InChI=1S/C26H39N5O6/c1-4-26(5-2)20(16-22(32)33)21(10-11-31(26)17-23(34)35)30-14-12-29(13-15-30)19-8-6-18(7-9-19)24(27)28-25(36)37-3/h6-9,20-21H,4-5,10-17H2,1-3H3,(H,32,33)(H,34,35)(H2,27,28,36)/t20-,21-/m0/s1. The van der Waals surface area contributed by atoms with Crippen LogP contribution < -0.4 is 10.2 Å². The van der Waals surface area contributed by atoms with Gasteiger partial charge in [0.25, 0.3) is 0 Å². The molecule has 4 N–H and O–H groups in total. The monoisotopic (exact) mass is 517 g/mol. The number of methoxy groups -OCH3 is 1. The maximum absolute atomic E-state index is 11.9. The maximum Gasteiger partial charge on any atom is 0.412 e. The Morgan fingerprint density at radius 1 is 1.03 bits per heavy atom. The van der Waals surface area contributed by atoms with Crippen molar-refractivity contribution in [1.29, 1.82) is 5.41 Å². The lowest BCUT2D eigenvalue weighted by molar-refractivity contribution is -0.149. The highest BCUT2D eigenvalue weighted by atomic mass is 16.5. The molecular weight excluding hydrogens is 478 g/mol. The van der Waals surface area contributed by atoms with Gasteiger partial charge in [-0.15, -0.1) is 0 Å². The van der Waals surface area contributed by atoms with Gasteiger partial charge in [0, 0.05) is 61.5 Å². The Morgan fingerprint density at radius 2 is 1.65 bits per heavy atom. The van der Waals surface area contributed by atoms with E-state index in [4.69, 9.17) is 5.41 Å². The Kier molecular flexibility index (Phi) is 9.50. The molecule has 37 heavy (non-hydrogen) atoms. The molecule has 2 aliphatic rings. The Balaban J connectivity index is 1.71. The van der Waals surface area contributed by atoms with E-state index in [-0.39, 0.29) is 30.8 Å². The van der Waals surface area contributed by atoms with Gasteiger partial charge in [-0.3, -0.25) is 30.1 Å². The fourth-order valence-corrected chi connectivity index (χ4v) is 6.25. The van der Waals surface area contributed by atoms with E-state index in [0.717, 1.165) is 38.3 Å². The van der Waals surface area contributed by atoms with Crippen molar-refractivity contribution in [1.82, 2.24) is 15.1 Å². The van der Waals surface area contributed by atoms with Crippen molar-refractivity contribution in [3.05, 3.63) is 29.8 Å². The number of amides is 1. The van der Waals surface area contributed by atoms with E-state index in [2.05, 4.69) is 19.9 Å². The van der Waals surface area contributed by atoms with Crippen LogP contribution in [0.25, 0.3) is 0 Å². The zero-order chi connectivity index (χ0) is 27.2. The number of ether oxygens (including phenoxy) is 1. The minimum atomic E-state index is -0.880. The fourth-order valence-electron chi connectivity index (χ4n) is 6.25. The third kappa shape index (κ3) is 6.40. The second-order valence-electron chi connectivity index (χ2n) is 9.75. The molecule has 0 radical (unpaired) electrons. The first-order valence-electron chi connectivity index (χ1n) is 12.9. The van der Waals surface area contributed by atoms with Crippen LogP contribution in [0.2, 0.25) is 0 Å². The molecule has 0 aromatic heterocycles. The minimum Gasteiger partial charge on any atom is -0.481 e. The Morgan fingerprint density at radius 3 is 2.16 bits per heavy atom. The number of anilines is 1. The number of carbonyl (C=O) groups is 3. The molecule has 0 unspecified atom stereocenters. The second-order valence-corrected chi connectivity index (χ2v) is 9.75. The van der Waals surface area contributed by atoms with E-state index in [1.807, 2.05) is 30.9 Å². The summed E-state index contributed by atoms with van der Waals surface area (Å²) in [4.78, 5) is 41.5. The third-order valence-corrected chi connectivity index (χ3v) is 8.14. The summed E-state index contributed by atoms with van der Waals surface area (Å²) in [5.41, 5.74) is 1.13. The lowest BCUT2D eigenvalue weighted by atomic mass is 9.68. The molecule has 0 spiro atoms. The van der Waals surface area contributed by atoms with Crippen LogP contribution in [-0.4, -0.2) is 102 Å². The molecule has 204 valence electrons. The number of likely N-dealkylation sites (tertiary alicyclic amines) is 1. The number of rotatable bonds is 9. The van der Waals surface area contributed by atoms with E-state index in [1.165, 1.54) is 7.11 Å². The summed E-state index contributed by atoms with van der Waals surface area (Å²) < 4.78 is 4.53. The van der Waals surface area contributed by atoms with Gasteiger partial charge in [0.2, 0.25) is 0 Å². The number of amidine groups is 1. The van der Waals surface area contributed by atoms with Crippen LogP contribution >= 0.6 is 0 Å².